The average molecular weight is 274 g/mol. The van der Waals surface area contributed by atoms with Crippen molar-refractivity contribution in [1.29, 1.82) is 0 Å². The number of ether oxygens (including phenoxy) is 1. The van der Waals surface area contributed by atoms with Crippen molar-refractivity contribution < 1.29 is 9.15 Å². The van der Waals surface area contributed by atoms with E-state index in [1.54, 1.807) is 0 Å². The Bertz CT molecular complexity index is 593. The van der Waals surface area contributed by atoms with Crippen LogP contribution in [0.1, 0.15) is 37.1 Å². The molecule has 0 spiro atoms. The van der Waals surface area contributed by atoms with Crippen LogP contribution in [0.4, 0.5) is 0 Å². The first-order valence-electron chi connectivity index (χ1n) is 7.30. The maximum absolute atomic E-state index is 5.98. The number of fused-ring (bicyclic) bond motifs is 1. The summed E-state index contributed by atoms with van der Waals surface area (Å²) in [5, 5.41) is 1.13. The predicted octanol–water partition coefficient (Wildman–Crippen LogP) is 3.06. The van der Waals surface area contributed by atoms with Gasteiger partial charge in [-0.1, -0.05) is 18.6 Å². The van der Waals surface area contributed by atoms with E-state index in [9.17, 15) is 0 Å². The maximum Gasteiger partial charge on any atom is 0.134 e. The van der Waals surface area contributed by atoms with Gasteiger partial charge in [0, 0.05) is 17.9 Å². The third kappa shape index (κ3) is 2.35. The Morgan fingerprint density at radius 2 is 2.25 bits per heavy atom. The Kier molecular flexibility index (Phi) is 3.78. The second kappa shape index (κ2) is 5.56. The zero-order valence-corrected chi connectivity index (χ0v) is 12.1. The van der Waals surface area contributed by atoms with E-state index in [1.165, 1.54) is 5.56 Å². The quantitative estimate of drug-likeness (QED) is 0.664. The molecule has 1 fully saturated rings. The minimum Gasteiger partial charge on any atom is -0.459 e. The van der Waals surface area contributed by atoms with Gasteiger partial charge in [0.05, 0.1) is 12.1 Å². The zero-order chi connectivity index (χ0) is 14.1. The van der Waals surface area contributed by atoms with Crippen molar-refractivity contribution in [2.24, 2.45) is 11.8 Å². The molecule has 3 atom stereocenters. The number of hydrogen-bond donors (Lipinski definition) is 2. The summed E-state index contributed by atoms with van der Waals surface area (Å²) >= 11 is 0. The summed E-state index contributed by atoms with van der Waals surface area (Å²) in [6, 6.07) is 8.32. The SMILES string of the molecule is CCC1OCCC1C(NN)c1cc2cc(C)ccc2o1. The molecule has 0 bridgehead atoms. The van der Waals surface area contributed by atoms with E-state index in [4.69, 9.17) is 15.0 Å². The minimum atomic E-state index is 0.00940. The van der Waals surface area contributed by atoms with E-state index in [-0.39, 0.29) is 12.1 Å². The van der Waals surface area contributed by atoms with Crippen LogP contribution in [0.3, 0.4) is 0 Å². The molecule has 0 amide bonds. The van der Waals surface area contributed by atoms with Crippen molar-refractivity contribution in [2.75, 3.05) is 6.61 Å². The standard InChI is InChI=1S/C16H22N2O2/c1-3-13-12(6-7-19-13)16(18-17)15-9-11-8-10(2)4-5-14(11)20-15/h4-5,8-9,12-13,16,18H,3,6-7,17H2,1-2H3. The van der Waals surface area contributed by atoms with Gasteiger partial charge in [-0.2, -0.15) is 0 Å². The van der Waals surface area contributed by atoms with E-state index in [0.29, 0.717) is 5.92 Å². The molecule has 0 aliphatic carbocycles. The number of rotatable bonds is 4. The van der Waals surface area contributed by atoms with Gasteiger partial charge in [0.25, 0.3) is 0 Å². The molecule has 20 heavy (non-hydrogen) atoms. The molecule has 1 aromatic heterocycles. The second-order valence-electron chi connectivity index (χ2n) is 5.60. The fourth-order valence-electron chi connectivity index (χ4n) is 3.22. The van der Waals surface area contributed by atoms with Gasteiger partial charge >= 0.3 is 0 Å². The van der Waals surface area contributed by atoms with Gasteiger partial charge in [0.1, 0.15) is 11.3 Å². The molecule has 108 valence electrons. The van der Waals surface area contributed by atoms with Crippen molar-refractivity contribution in [1.82, 2.24) is 5.43 Å². The summed E-state index contributed by atoms with van der Waals surface area (Å²) in [7, 11) is 0. The van der Waals surface area contributed by atoms with Gasteiger partial charge in [0.15, 0.2) is 0 Å². The Morgan fingerprint density at radius 3 is 3.00 bits per heavy atom. The van der Waals surface area contributed by atoms with E-state index >= 15 is 0 Å². The molecule has 1 aliphatic rings. The highest BCUT2D eigenvalue weighted by Crippen LogP contribution is 2.36. The Labute approximate surface area is 119 Å². The Hall–Kier alpha value is -1.36. The number of nitrogens with one attached hydrogen (secondary N) is 1. The average Bonchev–Trinajstić information content (AvgIpc) is 3.05. The molecule has 0 saturated carbocycles. The van der Waals surface area contributed by atoms with Gasteiger partial charge in [0.2, 0.25) is 0 Å². The lowest BCUT2D eigenvalue weighted by atomic mass is 9.90. The number of aryl methyl sites for hydroxylation is 1. The number of furan rings is 1. The van der Waals surface area contributed by atoms with E-state index < -0.39 is 0 Å². The van der Waals surface area contributed by atoms with Crippen LogP contribution in [-0.4, -0.2) is 12.7 Å². The second-order valence-corrected chi connectivity index (χ2v) is 5.60. The number of benzene rings is 1. The van der Waals surface area contributed by atoms with Gasteiger partial charge < -0.3 is 9.15 Å². The normalized spacial score (nSPS) is 24.4. The molecule has 2 heterocycles. The summed E-state index contributed by atoms with van der Waals surface area (Å²) in [5.74, 6) is 7.06. The van der Waals surface area contributed by atoms with Crippen molar-refractivity contribution in [3.8, 4) is 0 Å². The molecule has 4 nitrogen and oxygen atoms in total. The highest BCUT2D eigenvalue weighted by molar-refractivity contribution is 5.78. The first-order chi connectivity index (χ1) is 9.72. The molecule has 0 radical (unpaired) electrons. The van der Waals surface area contributed by atoms with E-state index in [1.807, 2.05) is 6.07 Å². The van der Waals surface area contributed by atoms with Crippen LogP contribution in [-0.2, 0) is 4.74 Å². The summed E-state index contributed by atoms with van der Waals surface area (Å²) in [4.78, 5) is 0. The fraction of sp³-hybridized carbons (Fsp3) is 0.500. The van der Waals surface area contributed by atoms with Crippen LogP contribution in [0.2, 0.25) is 0 Å². The molecule has 3 N–H and O–H groups in total. The van der Waals surface area contributed by atoms with Crippen LogP contribution >= 0.6 is 0 Å². The third-order valence-electron chi connectivity index (χ3n) is 4.27. The van der Waals surface area contributed by atoms with Crippen LogP contribution in [0.25, 0.3) is 11.0 Å². The molecule has 3 unspecified atom stereocenters. The van der Waals surface area contributed by atoms with Crippen molar-refractivity contribution >= 4 is 11.0 Å². The summed E-state index contributed by atoms with van der Waals surface area (Å²) in [5.41, 5.74) is 5.08. The maximum atomic E-state index is 5.98. The first-order valence-corrected chi connectivity index (χ1v) is 7.30. The minimum absolute atomic E-state index is 0.00940. The van der Waals surface area contributed by atoms with Crippen molar-refractivity contribution in [3.63, 3.8) is 0 Å². The third-order valence-corrected chi connectivity index (χ3v) is 4.27. The lowest BCUT2D eigenvalue weighted by Gasteiger charge is -2.24. The molecule has 1 saturated heterocycles. The lowest BCUT2D eigenvalue weighted by Crippen LogP contribution is -2.36. The summed E-state index contributed by atoms with van der Waals surface area (Å²) in [6.45, 7) is 5.04. The number of hydrazine groups is 1. The van der Waals surface area contributed by atoms with E-state index in [0.717, 1.165) is 36.2 Å². The summed E-state index contributed by atoms with van der Waals surface area (Å²) in [6.07, 6.45) is 2.28. The zero-order valence-electron chi connectivity index (χ0n) is 12.1. The molecule has 1 aliphatic heterocycles. The molecular weight excluding hydrogens is 252 g/mol. The van der Waals surface area contributed by atoms with Crippen molar-refractivity contribution in [2.45, 2.75) is 38.8 Å². The monoisotopic (exact) mass is 274 g/mol. The highest BCUT2D eigenvalue weighted by atomic mass is 16.5. The Balaban J connectivity index is 1.94. The van der Waals surface area contributed by atoms with Gasteiger partial charge in [-0.25, -0.2) is 5.43 Å². The molecule has 3 rings (SSSR count). The predicted molar refractivity (Wildman–Crippen MR) is 79.2 cm³/mol. The highest BCUT2D eigenvalue weighted by Gasteiger charge is 2.35. The largest absolute Gasteiger partial charge is 0.459 e. The Morgan fingerprint density at radius 1 is 1.40 bits per heavy atom. The van der Waals surface area contributed by atoms with Crippen LogP contribution in [0.5, 0.6) is 0 Å². The van der Waals surface area contributed by atoms with Crippen LogP contribution in [0, 0.1) is 12.8 Å². The van der Waals surface area contributed by atoms with Crippen molar-refractivity contribution in [3.05, 3.63) is 35.6 Å². The summed E-state index contributed by atoms with van der Waals surface area (Å²) < 4.78 is 11.8. The molecule has 1 aromatic carbocycles. The fourth-order valence-corrected chi connectivity index (χ4v) is 3.22. The number of hydrogen-bond acceptors (Lipinski definition) is 4. The molecule has 2 aromatic rings. The number of nitrogens with two attached hydrogens (primary N) is 1. The van der Waals surface area contributed by atoms with Gasteiger partial charge in [-0.15, -0.1) is 0 Å². The van der Waals surface area contributed by atoms with Crippen LogP contribution < -0.4 is 11.3 Å². The van der Waals surface area contributed by atoms with Crippen LogP contribution in [0.15, 0.2) is 28.7 Å². The smallest absolute Gasteiger partial charge is 0.134 e. The lowest BCUT2D eigenvalue weighted by molar-refractivity contribution is 0.0749. The topological polar surface area (TPSA) is 60.4 Å². The van der Waals surface area contributed by atoms with Gasteiger partial charge in [-0.05, 0) is 38.0 Å². The molecule has 4 heteroatoms. The first kappa shape index (κ1) is 13.6. The van der Waals surface area contributed by atoms with E-state index in [2.05, 4.69) is 37.5 Å². The molecular formula is C16H22N2O2. The van der Waals surface area contributed by atoms with Gasteiger partial charge in [-0.3, -0.25) is 5.84 Å².